The van der Waals surface area contributed by atoms with Crippen molar-refractivity contribution in [2.75, 3.05) is 6.61 Å². The van der Waals surface area contributed by atoms with Crippen molar-refractivity contribution in [2.45, 2.75) is 6.42 Å². The first-order valence-electron chi connectivity index (χ1n) is 4.65. The van der Waals surface area contributed by atoms with E-state index in [4.69, 9.17) is 4.74 Å². The maximum atomic E-state index is 12.0. The van der Waals surface area contributed by atoms with Crippen molar-refractivity contribution < 1.29 is 19.4 Å². The van der Waals surface area contributed by atoms with Gasteiger partial charge >= 0.3 is 5.97 Å². The SMILES string of the molecule is O=C([O-])CCOC(=O)c1c(I)c(I)c(I)c(I)c1I. The number of rotatable bonds is 4. The second-order valence-corrected chi connectivity index (χ2v) is 8.60. The van der Waals surface area contributed by atoms with E-state index >= 15 is 0 Å². The number of carboxylic acids is 1. The summed E-state index contributed by atoms with van der Waals surface area (Å²) >= 11 is 10.8. The molecule has 0 bridgehead atoms. The summed E-state index contributed by atoms with van der Waals surface area (Å²) in [6.45, 7) is -0.174. The molecule has 104 valence electrons. The molecule has 1 rings (SSSR count). The minimum Gasteiger partial charge on any atom is -0.550 e. The van der Waals surface area contributed by atoms with Crippen molar-refractivity contribution in [2.24, 2.45) is 0 Å². The second kappa shape index (κ2) is 8.44. The Morgan fingerprint density at radius 3 is 1.74 bits per heavy atom. The fourth-order valence-electron chi connectivity index (χ4n) is 1.08. The molecule has 19 heavy (non-hydrogen) atoms. The van der Waals surface area contributed by atoms with E-state index in [2.05, 4.69) is 113 Å². The lowest BCUT2D eigenvalue weighted by Gasteiger charge is -2.13. The number of hydrogen-bond acceptors (Lipinski definition) is 4. The quantitative estimate of drug-likeness (QED) is 0.203. The van der Waals surface area contributed by atoms with E-state index in [1.54, 1.807) is 0 Å². The molecule has 0 heterocycles. The van der Waals surface area contributed by atoms with Gasteiger partial charge in [-0.15, -0.1) is 0 Å². The zero-order valence-corrected chi connectivity index (χ0v) is 19.7. The maximum absolute atomic E-state index is 12.0. The highest BCUT2D eigenvalue weighted by atomic mass is 127. The predicted molar refractivity (Wildman–Crippen MR) is 110 cm³/mol. The molecule has 0 aromatic heterocycles. The van der Waals surface area contributed by atoms with Crippen LogP contribution >= 0.6 is 113 Å². The van der Waals surface area contributed by atoms with Crippen molar-refractivity contribution in [3.05, 3.63) is 23.4 Å². The highest BCUT2D eigenvalue weighted by Gasteiger charge is 2.23. The van der Waals surface area contributed by atoms with Crippen LogP contribution in [0.15, 0.2) is 0 Å². The van der Waals surface area contributed by atoms with Crippen molar-refractivity contribution >= 4 is 125 Å². The Balaban J connectivity index is 3.07. The molecule has 4 nitrogen and oxygen atoms in total. The van der Waals surface area contributed by atoms with Gasteiger partial charge in [0, 0.05) is 30.2 Å². The van der Waals surface area contributed by atoms with E-state index in [-0.39, 0.29) is 13.0 Å². The van der Waals surface area contributed by atoms with Gasteiger partial charge in [-0.1, -0.05) is 0 Å². The van der Waals surface area contributed by atoms with Gasteiger partial charge in [0.05, 0.1) is 12.2 Å². The van der Waals surface area contributed by atoms with Gasteiger partial charge in [-0.25, -0.2) is 4.79 Å². The van der Waals surface area contributed by atoms with E-state index in [0.717, 1.165) is 17.9 Å². The molecule has 0 unspecified atom stereocenters. The first kappa shape index (κ1) is 18.9. The lowest BCUT2D eigenvalue weighted by Crippen LogP contribution is -2.24. The summed E-state index contributed by atoms with van der Waals surface area (Å²) in [6, 6.07) is 0. The number of ether oxygens (including phenoxy) is 1. The van der Waals surface area contributed by atoms with Crippen LogP contribution in [0.4, 0.5) is 0 Å². The normalized spacial score (nSPS) is 10.4. The molecule has 9 heteroatoms. The summed E-state index contributed by atoms with van der Waals surface area (Å²) in [4.78, 5) is 22.3. The van der Waals surface area contributed by atoms with Crippen LogP contribution in [0.3, 0.4) is 0 Å². The van der Waals surface area contributed by atoms with Gasteiger partial charge in [0.1, 0.15) is 0 Å². The lowest BCUT2D eigenvalue weighted by atomic mass is 10.2. The third-order valence-electron chi connectivity index (χ3n) is 1.95. The number of carboxylic acid groups (broad SMARTS) is 1. The van der Waals surface area contributed by atoms with Crippen LogP contribution in [-0.2, 0) is 9.53 Å². The van der Waals surface area contributed by atoms with Crippen molar-refractivity contribution in [1.82, 2.24) is 0 Å². The van der Waals surface area contributed by atoms with Crippen LogP contribution < -0.4 is 5.11 Å². The largest absolute Gasteiger partial charge is 0.550 e. The fraction of sp³-hybridized carbons (Fsp3) is 0.200. The van der Waals surface area contributed by atoms with Crippen molar-refractivity contribution in [1.29, 1.82) is 0 Å². The third kappa shape index (κ3) is 4.90. The average Bonchev–Trinajstić information content (AvgIpc) is 2.34. The zero-order valence-electron chi connectivity index (χ0n) is 8.94. The highest BCUT2D eigenvalue weighted by molar-refractivity contribution is 14.1. The predicted octanol–water partition coefficient (Wildman–Crippen LogP) is 3.01. The van der Waals surface area contributed by atoms with Crippen molar-refractivity contribution in [3.8, 4) is 0 Å². The van der Waals surface area contributed by atoms with Crippen LogP contribution in [0.5, 0.6) is 0 Å². The first-order chi connectivity index (χ1) is 8.77. The van der Waals surface area contributed by atoms with Crippen LogP contribution in [-0.4, -0.2) is 18.5 Å². The monoisotopic (exact) mass is 823 g/mol. The number of carbonyl (C=O) groups is 2. The van der Waals surface area contributed by atoms with Gasteiger partial charge in [-0.2, -0.15) is 0 Å². The van der Waals surface area contributed by atoms with Crippen LogP contribution in [0.2, 0.25) is 0 Å². The Bertz CT molecular complexity index is 514. The Labute approximate surface area is 177 Å². The number of hydrogen-bond donors (Lipinski definition) is 0. The minimum absolute atomic E-state index is 0.174. The number of halogens is 5. The summed E-state index contributed by atoms with van der Waals surface area (Å²) in [6.07, 6.45) is -0.294. The molecule has 1 aromatic rings. The minimum atomic E-state index is -1.23. The zero-order chi connectivity index (χ0) is 14.7. The van der Waals surface area contributed by atoms with Crippen molar-refractivity contribution in [3.63, 3.8) is 0 Å². The topological polar surface area (TPSA) is 66.4 Å². The van der Waals surface area contributed by atoms with Gasteiger partial charge in [0.15, 0.2) is 0 Å². The first-order valence-corrected chi connectivity index (χ1v) is 10.0. The van der Waals surface area contributed by atoms with Crippen LogP contribution in [0.25, 0.3) is 0 Å². The summed E-state index contributed by atoms with van der Waals surface area (Å²) in [5.74, 6) is -1.73. The van der Waals surface area contributed by atoms with E-state index in [1.165, 1.54) is 0 Å². The number of esters is 1. The molecule has 0 saturated carbocycles. The summed E-state index contributed by atoms with van der Waals surface area (Å²) in [7, 11) is 0. The standard InChI is InChI=1S/C10H5I5O4/c11-5-4(10(18)19-2-1-3(16)17)6(12)8(14)9(15)7(5)13/h1-2H2,(H,16,17)/p-1. The molecule has 1 aromatic carbocycles. The second-order valence-electron chi connectivity index (χ2n) is 3.20. The van der Waals surface area contributed by atoms with Gasteiger partial charge < -0.3 is 14.6 Å². The average molecular weight is 823 g/mol. The van der Waals surface area contributed by atoms with E-state index in [9.17, 15) is 14.7 Å². The Morgan fingerprint density at radius 2 is 1.32 bits per heavy atom. The Morgan fingerprint density at radius 1 is 0.895 bits per heavy atom. The summed E-state index contributed by atoms with van der Waals surface area (Å²) in [5, 5.41) is 10.3. The highest BCUT2D eigenvalue weighted by Crippen LogP contribution is 2.33. The Hall–Kier alpha value is 1.81. The number of carbonyl (C=O) groups excluding carboxylic acids is 2. The number of benzene rings is 1. The van der Waals surface area contributed by atoms with Gasteiger partial charge in [-0.05, 0) is 113 Å². The Kier molecular flexibility index (Phi) is 8.38. The van der Waals surface area contributed by atoms with E-state index < -0.39 is 11.9 Å². The molecule has 0 N–H and O–H groups in total. The van der Waals surface area contributed by atoms with Gasteiger partial charge in [0.2, 0.25) is 0 Å². The smallest absolute Gasteiger partial charge is 0.340 e. The molecule has 0 radical (unpaired) electrons. The molecule has 0 amide bonds. The molecule has 0 aliphatic rings. The van der Waals surface area contributed by atoms with Gasteiger partial charge in [0.25, 0.3) is 0 Å². The molecular weight excluding hydrogens is 819 g/mol. The molecular formula is C10H4I5O4-. The van der Waals surface area contributed by atoms with E-state index in [0.29, 0.717) is 5.56 Å². The van der Waals surface area contributed by atoms with Crippen LogP contribution in [0.1, 0.15) is 16.8 Å². The molecule has 0 saturated heterocycles. The third-order valence-corrected chi connectivity index (χ3v) is 11.5. The molecule has 0 aliphatic carbocycles. The molecule has 0 fully saturated rings. The van der Waals surface area contributed by atoms with E-state index in [1.807, 2.05) is 0 Å². The van der Waals surface area contributed by atoms with Gasteiger partial charge in [-0.3, -0.25) is 0 Å². The molecule has 0 aliphatic heterocycles. The molecule has 0 spiro atoms. The molecule has 0 atom stereocenters. The maximum Gasteiger partial charge on any atom is 0.340 e. The van der Waals surface area contributed by atoms with Crippen LogP contribution in [0, 0.1) is 17.9 Å². The number of aliphatic carboxylic acids is 1. The fourth-order valence-corrected chi connectivity index (χ4v) is 6.28. The summed E-state index contributed by atoms with van der Waals surface area (Å²) in [5.41, 5.74) is 0.494. The summed E-state index contributed by atoms with van der Waals surface area (Å²) < 4.78 is 9.71. The lowest BCUT2D eigenvalue weighted by molar-refractivity contribution is -0.306.